The van der Waals surface area contributed by atoms with Crippen molar-refractivity contribution in [1.29, 1.82) is 0 Å². The second-order valence-electron chi connectivity index (χ2n) is 4.35. The summed E-state index contributed by atoms with van der Waals surface area (Å²) in [7, 11) is 1.58. The molecule has 0 bridgehead atoms. The maximum absolute atomic E-state index is 12.0. The van der Waals surface area contributed by atoms with Gasteiger partial charge in [0.15, 0.2) is 0 Å². The van der Waals surface area contributed by atoms with Gasteiger partial charge in [-0.2, -0.15) is 0 Å². The molecule has 2 aromatic rings. The molecular weight excluding hydrogens is 308 g/mol. The molecular formula is C14H15BrN2O2. The minimum atomic E-state index is -0.00223. The summed E-state index contributed by atoms with van der Waals surface area (Å²) < 4.78 is 7.65. The number of pyridine rings is 1. The fraction of sp³-hybridized carbons (Fsp3) is 0.214. The topological polar surface area (TPSA) is 57.2 Å². The van der Waals surface area contributed by atoms with Crippen molar-refractivity contribution in [3.8, 4) is 5.75 Å². The van der Waals surface area contributed by atoms with Crippen molar-refractivity contribution in [2.24, 2.45) is 0 Å². The SMILES string of the molecule is COc1ccc(Cn2cc(Br)cc(C)c2=O)cc1N. The van der Waals surface area contributed by atoms with E-state index in [0.717, 1.165) is 10.0 Å². The minimum Gasteiger partial charge on any atom is -0.495 e. The van der Waals surface area contributed by atoms with E-state index in [1.165, 1.54) is 0 Å². The van der Waals surface area contributed by atoms with Crippen LogP contribution in [0.15, 0.2) is 39.7 Å². The summed E-state index contributed by atoms with van der Waals surface area (Å²) in [5.41, 5.74) is 8.09. The first kappa shape index (κ1) is 13.7. The van der Waals surface area contributed by atoms with Crippen molar-refractivity contribution >= 4 is 21.6 Å². The summed E-state index contributed by atoms with van der Waals surface area (Å²) in [5.74, 6) is 0.640. The van der Waals surface area contributed by atoms with E-state index in [9.17, 15) is 4.79 Å². The molecule has 0 aliphatic heterocycles. The van der Waals surface area contributed by atoms with Crippen LogP contribution in [0.25, 0.3) is 0 Å². The summed E-state index contributed by atoms with van der Waals surface area (Å²) in [5, 5.41) is 0. The van der Waals surface area contributed by atoms with Gasteiger partial charge in [-0.3, -0.25) is 4.79 Å². The molecule has 0 unspecified atom stereocenters. The first-order chi connectivity index (χ1) is 9.01. The minimum absolute atomic E-state index is 0.00223. The maximum Gasteiger partial charge on any atom is 0.253 e. The highest BCUT2D eigenvalue weighted by Crippen LogP contribution is 2.22. The van der Waals surface area contributed by atoms with E-state index >= 15 is 0 Å². The number of anilines is 1. The number of benzene rings is 1. The van der Waals surface area contributed by atoms with Gasteiger partial charge in [-0.1, -0.05) is 6.07 Å². The summed E-state index contributed by atoms with van der Waals surface area (Å²) in [6.45, 7) is 2.28. The monoisotopic (exact) mass is 322 g/mol. The standard InChI is InChI=1S/C14H15BrN2O2/c1-9-5-11(15)8-17(14(9)18)7-10-3-4-13(19-2)12(16)6-10/h3-6,8H,7,16H2,1-2H3. The van der Waals surface area contributed by atoms with E-state index in [1.54, 1.807) is 36.9 Å². The molecule has 1 heterocycles. The Morgan fingerprint density at radius 3 is 2.74 bits per heavy atom. The highest BCUT2D eigenvalue weighted by Gasteiger charge is 2.05. The van der Waals surface area contributed by atoms with Crippen LogP contribution in [-0.4, -0.2) is 11.7 Å². The van der Waals surface area contributed by atoms with E-state index in [4.69, 9.17) is 10.5 Å². The Hall–Kier alpha value is -1.75. The van der Waals surface area contributed by atoms with Gasteiger partial charge in [0.25, 0.3) is 5.56 Å². The van der Waals surface area contributed by atoms with Gasteiger partial charge in [0.1, 0.15) is 5.75 Å². The van der Waals surface area contributed by atoms with Crippen LogP contribution in [0.2, 0.25) is 0 Å². The van der Waals surface area contributed by atoms with Crippen molar-refractivity contribution in [3.63, 3.8) is 0 Å². The molecule has 4 nitrogen and oxygen atoms in total. The molecule has 19 heavy (non-hydrogen) atoms. The molecule has 2 rings (SSSR count). The number of nitrogens with two attached hydrogens (primary N) is 1. The average molecular weight is 323 g/mol. The zero-order valence-electron chi connectivity index (χ0n) is 10.8. The van der Waals surface area contributed by atoms with Gasteiger partial charge >= 0.3 is 0 Å². The highest BCUT2D eigenvalue weighted by atomic mass is 79.9. The van der Waals surface area contributed by atoms with Gasteiger partial charge in [0, 0.05) is 16.2 Å². The molecule has 0 amide bonds. The number of nitrogen functional groups attached to an aromatic ring is 1. The predicted octanol–water partition coefficient (Wildman–Crippen LogP) is 2.56. The van der Waals surface area contributed by atoms with E-state index < -0.39 is 0 Å². The lowest BCUT2D eigenvalue weighted by Gasteiger charge is -2.10. The molecule has 0 saturated carbocycles. The number of halogens is 1. The Kier molecular flexibility index (Phi) is 3.95. The Bertz CT molecular complexity index is 665. The molecule has 0 saturated heterocycles. The van der Waals surface area contributed by atoms with E-state index in [0.29, 0.717) is 23.5 Å². The normalized spacial score (nSPS) is 10.5. The molecule has 5 heteroatoms. The van der Waals surface area contributed by atoms with Crippen LogP contribution in [0, 0.1) is 6.92 Å². The van der Waals surface area contributed by atoms with Crippen molar-refractivity contribution in [1.82, 2.24) is 4.57 Å². The molecule has 0 atom stereocenters. The first-order valence-electron chi connectivity index (χ1n) is 5.80. The Balaban J connectivity index is 2.36. The second-order valence-corrected chi connectivity index (χ2v) is 5.27. The zero-order valence-corrected chi connectivity index (χ0v) is 12.4. The number of hydrogen-bond acceptors (Lipinski definition) is 3. The third-order valence-electron chi connectivity index (χ3n) is 2.88. The van der Waals surface area contributed by atoms with Crippen LogP contribution in [0.1, 0.15) is 11.1 Å². The van der Waals surface area contributed by atoms with Gasteiger partial charge in [-0.15, -0.1) is 0 Å². The Morgan fingerprint density at radius 1 is 1.37 bits per heavy atom. The number of methoxy groups -OCH3 is 1. The van der Waals surface area contributed by atoms with E-state index in [-0.39, 0.29) is 5.56 Å². The summed E-state index contributed by atoms with van der Waals surface area (Å²) in [6, 6.07) is 7.33. The van der Waals surface area contributed by atoms with E-state index in [2.05, 4.69) is 15.9 Å². The van der Waals surface area contributed by atoms with E-state index in [1.807, 2.05) is 12.1 Å². The maximum atomic E-state index is 12.0. The van der Waals surface area contributed by atoms with Crippen LogP contribution in [-0.2, 0) is 6.54 Å². The van der Waals surface area contributed by atoms with Gasteiger partial charge in [0.05, 0.1) is 19.3 Å². The zero-order chi connectivity index (χ0) is 14.0. The van der Waals surface area contributed by atoms with Crippen molar-refractivity contribution < 1.29 is 4.74 Å². The molecule has 2 N–H and O–H groups in total. The van der Waals surface area contributed by atoms with Crippen LogP contribution in [0.3, 0.4) is 0 Å². The fourth-order valence-electron chi connectivity index (χ4n) is 1.94. The third kappa shape index (κ3) is 2.98. The summed E-state index contributed by atoms with van der Waals surface area (Å²) >= 11 is 3.39. The van der Waals surface area contributed by atoms with Gasteiger partial charge in [0.2, 0.25) is 0 Å². The Morgan fingerprint density at radius 2 is 2.11 bits per heavy atom. The lowest BCUT2D eigenvalue weighted by molar-refractivity contribution is 0.417. The van der Waals surface area contributed by atoms with Crippen molar-refractivity contribution in [2.45, 2.75) is 13.5 Å². The summed E-state index contributed by atoms with van der Waals surface area (Å²) in [4.78, 5) is 12.0. The Labute approximate surface area is 119 Å². The number of ether oxygens (including phenoxy) is 1. The number of rotatable bonds is 3. The third-order valence-corrected chi connectivity index (χ3v) is 3.31. The molecule has 0 radical (unpaired) electrons. The predicted molar refractivity (Wildman–Crippen MR) is 79.6 cm³/mol. The largest absolute Gasteiger partial charge is 0.495 e. The number of aryl methyl sites for hydroxylation is 1. The van der Waals surface area contributed by atoms with Crippen LogP contribution in [0.5, 0.6) is 5.75 Å². The number of aromatic nitrogens is 1. The smallest absolute Gasteiger partial charge is 0.253 e. The van der Waals surface area contributed by atoms with Gasteiger partial charge in [-0.25, -0.2) is 0 Å². The quantitative estimate of drug-likeness (QED) is 0.883. The molecule has 0 fully saturated rings. The van der Waals surface area contributed by atoms with Crippen LogP contribution >= 0.6 is 15.9 Å². The average Bonchev–Trinajstić information content (AvgIpc) is 2.35. The van der Waals surface area contributed by atoms with Crippen molar-refractivity contribution in [2.75, 3.05) is 12.8 Å². The second kappa shape index (κ2) is 5.48. The van der Waals surface area contributed by atoms with Gasteiger partial charge < -0.3 is 15.0 Å². The first-order valence-corrected chi connectivity index (χ1v) is 6.59. The molecule has 0 spiro atoms. The van der Waals surface area contributed by atoms with Crippen LogP contribution < -0.4 is 16.0 Å². The summed E-state index contributed by atoms with van der Waals surface area (Å²) in [6.07, 6.45) is 1.77. The van der Waals surface area contributed by atoms with Crippen molar-refractivity contribution in [3.05, 3.63) is 56.4 Å². The van der Waals surface area contributed by atoms with Crippen LogP contribution in [0.4, 0.5) is 5.69 Å². The lowest BCUT2D eigenvalue weighted by atomic mass is 10.2. The van der Waals surface area contributed by atoms with Gasteiger partial charge in [-0.05, 0) is 46.6 Å². The molecule has 0 aliphatic rings. The molecule has 100 valence electrons. The highest BCUT2D eigenvalue weighted by molar-refractivity contribution is 9.10. The lowest BCUT2D eigenvalue weighted by Crippen LogP contribution is -2.22. The fourth-order valence-corrected chi connectivity index (χ4v) is 2.53. The molecule has 0 aliphatic carbocycles. The number of nitrogens with zero attached hydrogens (tertiary/aromatic N) is 1. The molecule has 1 aromatic carbocycles. The molecule has 1 aromatic heterocycles. The number of hydrogen-bond donors (Lipinski definition) is 1.